The Morgan fingerprint density at radius 1 is 1.27 bits per heavy atom. The largest absolute Gasteiger partial charge is 0.392 e. The van der Waals surface area contributed by atoms with Gasteiger partial charge in [0.2, 0.25) is 0 Å². The minimum Gasteiger partial charge on any atom is -0.392 e. The van der Waals surface area contributed by atoms with Crippen LogP contribution in [0.25, 0.3) is 0 Å². The maximum Gasteiger partial charge on any atom is 0.191 e. The van der Waals surface area contributed by atoms with Crippen molar-refractivity contribution in [3.05, 3.63) is 51.5 Å². The van der Waals surface area contributed by atoms with E-state index in [9.17, 15) is 5.11 Å². The summed E-state index contributed by atoms with van der Waals surface area (Å²) in [6, 6.07) is 7.79. The van der Waals surface area contributed by atoms with E-state index in [0.717, 1.165) is 28.6 Å². The first kappa shape index (κ1) is 16.5. The molecule has 2 aromatic rings. The lowest BCUT2D eigenvalue weighted by Crippen LogP contribution is -2.36. The molecule has 0 bridgehead atoms. The van der Waals surface area contributed by atoms with E-state index in [-0.39, 0.29) is 6.61 Å². The van der Waals surface area contributed by atoms with Gasteiger partial charge < -0.3 is 15.7 Å². The van der Waals surface area contributed by atoms with Crippen LogP contribution in [0.4, 0.5) is 0 Å². The number of aryl methyl sites for hydroxylation is 1. The Kier molecular flexibility index (Phi) is 6.36. The van der Waals surface area contributed by atoms with Crippen LogP contribution in [-0.2, 0) is 19.7 Å². The van der Waals surface area contributed by atoms with E-state index in [2.05, 4.69) is 20.6 Å². The van der Waals surface area contributed by atoms with E-state index < -0.39 is 0 Å². The molecule has 0 aliphatic heterocycles. The van der Waals surface area contributed by atoms with Gasteiger partial charge in [-0.3, -0.25) is 0 Å². The third-order valence-electron chi connectivity index (χ3n) is 3.12. The molecule has 5 nitrogen and oxygen atoms in total. The molecule has 0 fully saturated rings. The number of aliphatic imine (C=N–C) groups is 1. The number of thiazole rings is 1. The van der Waals surface area contributed by atoms with Crippen LogP contribution in [0.1, 0.15) is 27.9 Å². The zero-order chi connectivity index (χ0) is 15.8. The Morgan fingerprint density at radius 2 is 2.05 bits per heavy atom. The second kappa shape index (κ2) is 8.51. The highest BCUT2D eigenvalue weighted by Crippen LogP contribution is 2.11. The molecule has 2 rings (SSSR count). The molecule has 0 radical (unpaired) electrons. The van der Waals surface area contributed by atoms with Crippen molar-refractivity contribution in [1.82, 2.24) is 15.6 Å². The molecule has 0 aliphatic carbocycles. The average Bonchev–Trinajstić information content (AvgIpc) is 2.96. The summed E-state index contributed by atoms with van der Waals surface area (Å²) < 4.78 is 0. The van der Waals surface area contributed by atoms with E-state index in [1.807, 2.05) is 44.3 Å². The lowest BCUT2D eigenvalue weighted by molar-refractivity contribution is 0.280. The summed E-state index contributed by atoms with van der Waals surface area (Å²) in [4.78, 5) is 10.1. The van der Waals surface area contributed by atoms with Crippen molar-refractivity contribution in [2.24, 2.45) is 4.99 Å². The van der Waals surface area contributed by atoms with Gasteiger partial charge in [-0.25, -0.2) is 9.98 Å². The van der Waals surface area contributed by atoms with Crippen molar-refractivity contribution in [3.63, 3.8) is 0 Å². The Bertz CT molecular complexity index is 624. The van der Waals surface area contributed by atoms with Gasteiger partial charge in [-0.05, 0) is 25.0 Å². The Balaban J connectivity index is 2.00. The first-order valence-corrected chi connectivity index (χ1v) is 8.15. The average molecular weight is 318 g/mol. The molecule has 0 unspecified atom stereocenters. The molecule has 0 saturated heterocycles. The summed E-state index contributed by atoms with van der Waals surface area (Å²) in [7, 11) is 0. The van der Waals surface area contributed by atoms with Crippen LogP contribution in [0.5, 0.6) is 0 Å². The van der Waals surface area contributed by atoms with Gasteiger partial charge in [-0.1, -0.05) is 24.3 Å². The number of benzene rings is 1. The Labute approximate surface area is 135 Å². The lowest BCUT2D eigenvalue weighted by atomic mass is 10.1. The number of aliphatic hydroxyl groups excluding tert-OH is 1. The van der Waals surface area contributed by atoms with Crippen molar-refractivity contribution in [2.75, 3.05) is 6.54 Å². The van der Waals surface area contributed by atoms with E-state index >= 15 is 0 Å². The fourth-order valence-electron chi connectivity index (χ4n) is 2.01. The van der Waals surface area contributed by atoms with Crippen LogP contribution >= 0.6 is 11.3 Å². The molecule has 0 amide bonds. The third kappa shape index (κ3) is 4.82. The summed E-state index contributed by atoms with van der Waals surface area (Å²) in [6.07, 6.45) is 1.88. The molecular formula is C16H22N4OS. The van der Waals surface area contributed by atoms with Crippen LogP contribution in [0.3, 0.4) is 0 Å². The maximum atomic E-state index is 9.35. The van der Waals surface area contributed by atoms with Gasteiger partial charge in [0.05, 0.1) is 19.7 Å². The zero-order valence-electron chi connectivity index (χ0n) is 13.0. The second-order valence-electron chi connectivity index (χ2n) is 4.84. The van der Waals surface area contributed by atoms with Crippen LogP contribution < -0.4 is 10.6 Å². The van der Waals surface area contributed by atoms with Gasteiger partial charge in [-0.15, -0.1) is 11.3 Å². The Morgan fingerprint density at radius 3 is 2.68 bits per heavy atom. The van der Waals surface area contributed by atoms with Crippen molar-refractivity contribution in [3.8, 4) is 0 Å². The third-order valence-corrected chi connectivity index (χ3v) is 4.03. The molecule has 22 heavy (non-hydrogen) atoms. The number of aliphatic hydroxyl groups is 1. The normalized spacial score (nSPS) is 11.5. The molecule has 0 atom stereocenters. The van der Waals surface area contributed by atoms with Gasteiger partial charge in [0.15, 0.2) is 5.96 Å². The first-order valence-electron chi connectivity index (χ1n) is 7.34. The second-order valence-corrected chi connectivity index (χ2v) is 6.16. The molecule has 3 N–H and O–H groups in total. The number of nitrogens with zero attached hydrogens (tertiary/aromatic N) is 2. The lowest BCUT2D eigenvalue weighted by Gasteiger charge is -2.11. The summed E-state index contributed by atoms with van der Waals surface area (Å²) in [5, 5.41) is 16.9. The minimum atomic E-state index is 0.0358. The molecule has 1 aromatic heterocycles. The fraction of sp³-hybridized carbons (Fsp3) is 0.375. The molecule has 6 heteroatoms. The van der Waals surface area contributed by atoms with Crippen molar-refractivity contribution in [2.45, 2.75) is 33.5 Å². The van der Waals surface area contributed by atoms with Gasteiger partial charge in [0.1, 0.15) is 5.01 Å². The number of hydrogen-bond acceptors (Lipinski definition) is 4. The SMILES string of the molecule is CCNC(=NCc1ccccc1CO)NCc1ncc(C)s1. The molecule has 1 aromatic carbocycles. The summed E-state index contributed by atoms with van der Waals surface area (Å²) in [6.45, 7) is 6.10. The van der Waals surface area contributed by atoms with Gasteiger partial charge in [0.25, 0.3) is 0 Å². The molecule has 0 spiro atoms. The molecule has 0 aliphatic rings. The van der Waals surface area contributed by atoms with E-state index in [4.69, 9.17) is 0 Å². The monoisotopic (exact) mass is 318 g/mol. The van der Waals surface area contributed by atoms with Crippen LogP contribution in [0, 0.1) is 6.92 Å². The first-order chi connectivity index (χ1) is 10.7. The van der Waals surface area contributed by atoms with Gasteiger partial charge in [0, 0.05) is 17.6 Å². The summed E-state index contributed by atoms with van der Waals surface area (Å²) >= 11 is 1.68. The van der Waals surface area contributed by atoms with Crippen molar-refractivity contribution >= 4 is 17.3 Å². The number of nitrogens with one attached hydrogen (secondary N) is 2. The van der Waals surface area contributed by atoms with Gasteiger partial charge >= 0.3 is 0 Å². The van der Waals surface area contributed by atoms with Crippen LogP contribution in [-0.4, -0.2) is 22.6 Å². The summed E-state index contributed by atoms with van der Waals surface area (Å²) in [5.41, 5.74) is 1.95. The van der Waals surface area contributed by atoms with Crippen LogP contribution in [0.2, 0.25) is 0 Å². The highest BCUT2D eigenvalue weighted by Gasteiger charge is 2.03. The summed E-state index contributed by atoms with van der Waals surface area (Å²) in [5.74, 6) is 0.753. The smallest absolute Gasteiger partial charge is 0.191 e. The molecule has 118 valence electrons. The highest BCUT2D eigenvalue weighted by atomic mass is 32.1. The van der Waals surface area contributed by atoms with E-state index in [0.29, 0.717) is 13.1 Å². The molecule has 0 saturated carbocycles. The topological polar surface area (TPSA) is 69.5 Å². The van der Waals surface area contributed by atoms with Crippen LogP contribution in [0.15, 0.2) is 35.5 Å². The maximum absolute atomic E-state index is 9.35. The van der Waals surface area contributed by atoms with E-state index in [1.54, 1.807) is 11.3 Å². The molecule has 1 heterocycles. The minimum absolute atomic E-state index is 0.0358. The number of guanidine groups is 1. The number of hydrogen-bond donors (Lipinski definition) is 3. The van der Waals surface area contributed by atoms with E-state index in [1.165, 1.54) is 4.88 Å². The standard InChI is InChI=1S/C16H22N4OS/c1-3-17-16(20-10-15-18-8-12(2)22-15)19-9-13-6-4-5-7-14(13)11-21/h4-8,21H,3,9-11H2,1-2H3,(H2,17,19,20). The van der Waals surface area contributed by atoms with Crippen molar-refractivity contribution in [1.29, 1.82) is 0 Å². The zero-order valence-corrected chi connectivity index (χ0v) is 13.8. The van der Waals surface area contributed by atoms with Gasteiger partial charge in [-0.2, -0.15) is 0 Å². The predicted octanol–water partition coefficient (Wildman–Crippen LogP) is 2.20. The quantitative estimate of drug-likeness (QED) is 0.564. The highest BCUT2D eigenvalue weighted by molar-refractivity contribution is 7.11. The predicted molar refractivity (Wildman–Crippen MR) is 90.9 cm³/mol. The molecular weight excluding hydrogens is 296 g/mol. The van der Waals surface area contributed by atoms with Crippen molar-refractivity contribution < 1.29 is 5.11 Å². The number of rotatable bonds is 6. The fourth-order valence-corrected chi connectivity index (χ4v) is 2.74. The Hall–Kier alpha value is -1.92. The number of aromatic nitrogens is 1.